The number of nitrogens with one attached hydrogen (secondary N) is 2. The maximum absolute atomic E-state index is 11.3. The van der Waals surface area contributed by atoms with Crippen LogP contribution in [0.4, 0.5) is 0 Å². The Bertz CT molecular complexity index is 857. The van der Waals surface area contributed by atoms with Crippen molar-refractivity contribution in [2.24, 2.45) is 17.2 Å². The summed E-state index contributed by atoms with van der Waals surface area (Å²) in [6, 6.07) is 3.25. The van der Waals surface area contributed by atoms with Gasteiger partial charge in [0, 0.05) is 36.8 Å². The molecular weight excluding hydrogens is 475 g/mol. The van der Waals surface area contributed by atoms with Gasteiger partial charge in [0.25, 0.3) is 0 Å². The zero-order chi connectivity index (χ0) is 17.9. The number of nitrogens with two attached hydrogens (primary N) is 1. The molecule has 0 radical (unpaired) electrons. The third-order valence-electron chi connectivity index (χ3n) is 3.66. The first-order chi connectivity index (χ1) is 11.2. The first kappa shape index (κ1) is 21.9. The lowest BCUT2D eigenvalue weighted by molar-refractivity contribution is 0.600. The van der Waals surface area contributed by atoms with Crippen molar-refractivity contribution in [3.8, 4) is 0 Å². The van der Waals surface area contributed by atoms with Crippen LogP contribution in [0.1, 0.15) is 21.8 Å². The van der Waals surface area contributed by atoms with Crippen LogP contribution < -0.4 is 15.8 Å². The van der Waals surface area contributed by atoms with Crippen molar-refractivity contribution < 1.29 is 8.42 Å². The number of aliphatic imine (C=N–C) groups is 1. The molecule has 2 aromatic heterocycles. The second-order valence-electron chi connectivity index (χ2n) is 5.32. The zero-order valence-corrected chi connectivity index (χ0v) is 18.5. The van der Waals surface area contributed by atoms with Gasteiger partial charge < -0.3 is 10.6 Å². The molecule has 0 aliphatic carbocycles. The standard InChI is InChI=1S/C14H22N6O2S2.HI/c1-9-12(10(2)20(4)19-9)8-18-14(16-3)17-7-11-5-6-13(23-11)24(15,21)22;/h5-6H,7-8H2,1-4H3,(H2,15,21,22)(H2,16,17,18);1H. The van der Waals surface area contributed by atoms with Crippen molar-refractivity contribution in [1.82, 2.24) is 20.4 Å². The van der Waals surface area contributed by atoms with E-state index in [2.05, 4.69) is 20.7 Å². The van der Waals surface area contributed by atoms with E-state index in [1.54, 1.807) is 13.1 Å². The number of hydrogen-bond acceptors (Lipinski definition) is 5. The molecule has 2 aromatic rings. The molecule has 0 amide bonds. The van der Waals surface area contributed by atoms with Crippen LogP contribution in [0.15, 0.2) is 21.3 Å². The number of primary sulfonamides is 1. The van der Waals surface area contributed by atoms with Gasteiger partial charge in [0.15, 0.2) is 5.96 Å². The number of hydrogen-bond donors (Lipinski definition) is 3. The molecule has 0 spiro atoms. The summed E-state index contributed by atoms with van der Waals surface area (Å²) in [6.07, 6.45) is 0. The fourth-order valence-electron chi connectivity index (χ4n) is 2.24. The van der Waals surface area contributed by atoms with E-state index in [9.17, 15) is 8.42 Å². The van der Waals surface area contributed by atoms with Gasteiger partial charge in [-0.25, -0.2) is 13.6 Å². The molecule has 0 bridgehead atoms. The highest BCUT2D eigenvalue weighted by Gasteiger charge is 2.12. The number of thiophene rings is 1. The Morgan fingerprint density at radius 3 is 2.44 bits per heavy atom. The summed E-state index contributed by atoms with van der Waals surface area (Å²) >= 11 is 1.14. The van der Waals surface area contributed by atoms with Gasteiger partial charge in [-0.3, -0.25) is 9.67 Å². The monoisotopic (exact) mass is 498 g/mol. The highest BCUT2D eigenvalue weighted by Crippen LogP contribution is 2.19. The van der Waals surface area contributed by atoms with Gasteiger partial charge in [-0.15, -0.1) is 35.3 Å². The van der Waals surface area contributed by atoms with Crippen molar-refractivity contribution in [2.45, 2.75) is 31.1 Å². The van der Waals surface area contributed by atoms with Gasteiger partial charge in [-0.2, -0.15) is 5.10 Å². The molecule has 0 aliphatic rings. The van der Waals surface area contributed by atoms with Gasteiger partial charge in [0.05, 0.1) is 12.2 Å². The van der Waals surface area contributed by atoms with E-state index in [-0.39, 0.29) is 28.2 Å². The Hall–Kier alpha value is -1.18. The van der Waals surface area contributed by atoms with Crippen molar-refractivity contribution in [1.29, 1.82) is 0 Å². The van der Waals surface area contributed by atoms with Crippen LogP contribution in [0.5, 0.6) is 0 Å². The average molecular weight is 498 g/mol. The summed E-state index contributed by atoms with van der Waals surface area (Å²) in [7, 11) is -0.0455. The molecule has 2 heterocycles. The third kappa shape index (κ3) is 5.66. The number of nitrogens with zero attached hydrogens (tertiary/aromatic N) is 3. The van der Waals surface area contributed by atoms with E-state index >= 15 is 0 Å². The minimum Gasteiger partial charge on any atom is -0.352 e. The van der Waals surface area contributed by atoms with E-state index in [1.165, 1.54) is 6.07 Å². The number of aryl methyl sites for hydroxylation is 2. The van der Waals surface area contributed by atoms with Crippen LogP contribution in [-0.2, 0) is 30.2 Å². The van der Waals surface area contributed by atoms with Gasteiger partial charge in [-0.1, -0.05) is 0 Å². The number of guanidine groups is 1. The summed E-state index contributed by atoms with van der Waals surface area (Å²) in [6.45, 7) is 5.07. The van der Waals surface area contributed by atoms with Crippen molar-refractivity contribution in [3.05, 3.63) is 34.0 Å². The lowest BCUT2D eigenvalue weighted by atomic mass is 10.2. The maximum Gasteiger partial charge on any atom is 0.247 e. The maximum atomic E-state index is 11.3. The molecule has 0 aromatic carbocycles. The Kier molecular flexibility index (Phi) is 7.84. The van der Waals surface area contributed by atoms with Gasteiger partial charge in [0.2, 0.25) is 10.0 Å². The fourth-order valence-corrected chi connectivity index (χ4v) is 3.96. The Balaban J connectivity index is 0.00000312. The molecule has 2 rings (SSSR count). The minimum atomic E-state index is -3.64. The largest absolute Gasteiger partial charge is 0.352 e. The highest BCUT2D eigenvalue weighted by atomic mass is 127. The van der Waals surface area contributed by atoms with Gasteiger partial charge >= 0.3 is 0 Å². The summed E-state index contributed by atoms with van der Waals surface area (Å²) in [4.78, 5) is 5.03. The minimum absolute atomic E-state index is 0. The Morgan fingerprint density at radius 2 is 1.96 bits per heavy atom. The number of sulfonamides is 1. The number of aromatic nitrogens is 2. The summed E-state index contributed by atoms with van der Waals surface area (Å²) in [5.74, 6) is 0.628. The molecule has 11 heteroatoms. The quantitative estimate of drug-likeness (QED) is 0.326. The van der Waals surface area contributed by atoms with E-state index in [1.807, 2.05) is 25.6 Å². The van der Waals surface area contributed by atoms with Crippen molar-refractivity contribution >= 4 is 51.3 Å². The van der Waals surface area contributed by atoms with Crippen molar-refractivity contribution in [3.63, 3.8) is 0 Å². The molecule has 0 atom stereocenters. The Morgan fingerprint density at radius 1 is 1.32 bits per heavy atom. The second kappa shape index (κ2) is 8.96. The lowest BCUT2D eigenvalue weighted by Crippen LogP contribution is -2.36. The van der Waals surface area contributed by atoms with Crippen LogP contribution in [0.2, 0.25) is 0 Å². The molecule has 0 saturated heterocycles. The van der Waals surface area contributed by atoms with E-state index < -0.39 is 10.0 Å². The topological polar surface area (TPSA) is 114 Å². The summed E-state index contributed by atoms with van der Waals surface area (Å²) in [5.41, 5.74) is 3.22. The predicted octanol–water partition coefficient (Wildman–Crippen LogP) is 1.23. The third-order valence-corrected chi connectivity index (χ3v) is 6.19. The van der Waals surface area contributed by atoms with E-state index in [0.717, 1.165) is 33.2 Å². The van der Waals surface area contributed by atoms with E-state index in [4.69, 9.17) is 5.14 Å². The first-order valence-electron chi connectivity index (χ1n) is 7.27. The number of halogens is 1. The van der Waals surface area contributed by atoms with Gasteiger partial charge in [0.1, 0.15) is 4.21 Å². The molecule has 0 unspecified atom stereocenters. The predicted molar refractivity (Wildman–Crippen MR) is 111 cm³/mol. The van der Waals surface area contributed by atoms with Crippen LogP contribution >= 0.6 is 35.3 Å². The molecule has 140 valence electrons. The van der Waals surface area contributed by atoms with Crippen LogP contribution in [0, 0.1) is 13.8 Å². The zero-order valence-electron chi connectivity index (χ0n) is 14.5. The van der Waals surface area contributed by atoms with Crippen LogP contribution in [-0.4, -0.2) is 31.2 Å². The van der Waals surface area contributed by atoms with Crippen molar-refractivity contribution in [2.75, 3.05) is 7.05 Å². The molecular formula is C14H23IN6O2S2. The smallest absolute Gasteiger partial charge is 0.247 e. The highest BCUT2D eigenvalue weighted by molar-refractivity contribution is 14.0. The van der Waals surface area contributed by atoms with Gasteiger partial charge in [-0.05, 0) is 26.0 Å². The fraction of sp³-hybridized carbons (Fsp3) is 0.429. The normalized spacial score (nSPS) is 12.0. The van der Waals surface area contributed by atoms with Crippen LogP contribution in [0.3, 0.4) is 0 Å². The molecule has 8 nitrogen and oxygen atoms in total. The number of rotatable bonds is 5. The Labute approximate surface area is 169 Å². The molecule has 0 aliphatic heterocycles. The SMILES string of the molecule is CN=C(NCc1ccc(S(N)(=O)=O)s1)NCc1c(C)nn(C)c1C.I. The summed E-state index contributed by atoms with van der Waals surface area (Å²) < 4.78 is 24.6. The molecule has 0 fully saturated rings. The second-order valence-corrected chi connectivity index (χ2v) is 8.27. The van der Waals surface area contributed by atoms with Crippen LogP contribution in [0.25, 0.3) is 0 Å². The van der Waals surface area contributed by atoms with E-state index in [0.29, 0.717) is 19.0 Å². The average Bonchev–Trinajstić information content (AvgIpc) is 3.07. The molecule has 0 saturated carbocycles. The lowest BCUT2D eigenvalue weighted by Gasteiger charge is -2.11. The first-order valence-corrected chi connectivity index (χ1v) is 9.63. The summed E-state index contributed by atoms with van der Waals surface area (Å²) in [5, 5.41) is 15.9. The molecule has 25 heavy (non-hydrogen) atoms. The molecule has 4 N–H and O–H groups in total.